The molecule has 5 nitrogen and oxygen atoms in total. The third-order valence-electron chi connectivity index (χ3n) is 2.31. The molecule has 5 heteroatoms. The van der Waals surface area contributed by atoms with Crippen LogP contribution in [0.15, 0.2) is 24.5 Å². The second-order valence-corrected chi connectivity index (χ2v) is 3.22. The fourth-order valence-electron chi connectivity index (χ4n) is 1.36. The van der Waals surface area contributed by atoms with E-state index in [2.05, 4.69) is 15.4 Å². The van der Waals surface area contributed by atoms with Gasteiger partial charge in [-0.25, -0.2) is 10.4 Å². The Kier molecular flexibility index (Phi) is 2.39. The predicted molar refractivity (Wildman–Crippen MR) is 57.2 cm³/mol. The van der Waals surface area contributed by atoms with E-state index in [1.807, 2.05) is 6.07 Å². The summed E-state index contributed by atoms with van der Waals surface area (Å²) in [6.45, 7) is 0. The molecule has 0 aliphatic rings. The van der Waals surface area contributed by atoms with Gasteiger partial charge in [0.1, 0.15) is 0 Å². The van der Waals surface area contributed by atoms with E-state index in [-0.39, 0.29) is 5.91 Å². The third kappa shape index (κ3) is 1.69. The number of aromatic nitrogens is 2. The summed E-state index contributed by atoms with van der Waals surface area (Å²) < 4.78 is 0. The number of hydrazine groups is 1. The van der Waals surface area contributed by atoms with Crippen LogP contribution < -0.4 is 5.43 Å². The number of nitrogens with one attached hydrogen (secondary N) is 2. The molecule has 0 atom stereocenters. The molecule has 2 aromatic rings. The van der Waals surface area contributed by atoms with Crippen molar-refractivity contribution in [2.45, 2.75) is 0 Å². The number of benzene rings is 1. The Bertz CT molecular complexity index is 491. The van der Waals surface area contributed by atoms with E-state index >= 15 is 0 Å². The van der Waals surface area contributed by atoms with Gasteiger partial charge in [-0.1, -0.05) is 0 Å². The largest absolute Gasteiger partial charge is 0.345 e. The Labute approximate surface area is 87.1 Å². The highest BCUT2D eigenvalue weighted by Gasteiger charge is 2.10. The minimum absolute atomic E-state index is 0.0750. The van der Waals surface area contributed by atoms with Crippen LogP contribution in [0.3, 0.4) is 0 Å². The minimum Gasteiger partial charge on any atom is -0.345 e. The smallest absolute Gasteiger partial charge is 0.267 e. The number of aromatic amines is 1. The summed E-state index contributed by atoms with van der Waals surface area (Å²) in [5, 5.41) is 1.43. The lowest BCUT2D eigenvalue weighted by atomic mass is 10.2. The standard InChI is InChI=1S/C10H12N4O/c1-11-14(2)10(15)7-3-4-8-9(5-7)13-6-12-8/h3-6,11H,1-2H3,(H,12,13). The van der Waals surface area contributed by atoms with Crippen molar-refractivity contribution in [3.63, 3.8) is 0 Å². The van der Waals surface area contributed by atoms with Crippen LogP contribution in [0.4, 0.5) is 0 Å². The van der Waals surface area contributed by atoms with Gasteiger partial charge in [0.2, 0.25) is 0 Å². The molecule has 0 aliphatic carbocycles. The van der Waals surface area contributed by atoms with E-state index in [0.717, 1.165) is 11.0 Å². The maximum Gasteiger partial charge on any atom is 0.267 e. The number of imidazole rings is 1. The first-order chi connectivity index (χ1) is 7.22. The van der Waals surface area contributed by atoms with Crippen LogP contribution in [-0.4, -0.2) is 35.0 Å². The molecule has 1 aromatic carbocycles. The Hall–Kier alpha value is -1.88. The zero-order valence-electron chi connectivity index (χ0n) is 8.61. The highest BCUT2D eigenvalue weighted by Crippen LogP contribution is 2.12. The van der Waals surface area contributed by atoms with E-state index in [9.17, 15) is 4.79 Å². The van der Waals surface area contributed by atoms with E-state index in [1.165, 1.54) is 5.01 Å². The van der Waals surface area contributed by atoms with Gasteiger partial charge in [0.15, 0.2) is 0 Å². The normalized spacial score (nSPS) is 10.5. The summed E-state index contributed by atoms with van der Waals surface area (Å²) in [6.07, 6.45) is 1.61. The first kappa shape index (κ1) is 9.67. The lowest BCUT2D eigenvalue weighted by molar-refractivity contribution is 0.0735. The zero-order chi connectivity index (χ0) is 10.8. The van der Waals surface area contributed by atoms with E-state index < -0.39 is 0 Å². The minimum atomic E-state index is -0.0750. The highest BCUT2D eigenvalue weighted by atomic mass is 16.2. The van der Waals surface area contributed by atoms with Crippen LogP contribution in [0.25, 0.3) is 11.0 Å². The second-order valence-electron chi connectivity index (χ2n) is 3.22. The Morgan fingerprint density at radius 2 is 2.33 bits per heavy atom. The van der Waals surface area contributed by atoms with Crippen molar-refractivity contribution in [2.24, 2.45) is 0 Å². The molecular weight excluding hydrogens is 192 g/mol. The zero-order valence-corrected chi connectivity index (χ0v) is 8.61. The number of rotatable bonds is 2. The Morgan fingerprint density at radius 1 is 1.53 bits per heavy atom. The van der Waals surface area contributed by atoms with Gasteiger partial charge < -0.3 is 4.98 Å². The topological polar surface area (TPSA) is 61.0 Å². The third-order valence-corrected chi connectivity index (χ3v) is 2.31. The summed E-state index contributed by atoms with van der Waals surface area (Å²) in [5.74, 6) is -0.0750. The molecule has 78 valence electrons. The molecule has 0 radical (unpaired) electrons. The van der Waals surface area contributed by atoms with Gasteiger partial charge in [0.05, 0.1) is 17.4 Å². The molecule has 15 heavy (non-hydrogen) atoms. The van der Waals surface area contributed by atoms with Crippen LogP contribution in [0.1, 0.15) is 10.4 Å². The molecular formula is C10H12N4O. The van der Waals surface area contributed by atoms with E-state index in [4.69, 9.17) is 0 Å². The van der Waals surface area contributed by atoms with Crippen molar-refractivity contribution in [1.82, 2.24) is 20.4 Å². The van der Waals surface area contributed by atoms with Crippen LogP contribution in [-0.2, 0) is 0 Å². The fourth-order valence-corrected chi connectivity index (χ4v) is 1.36. The molecule has 0 bridgehead atoms. The average molecular weight is 204 g/mol. The summed E-state index contributed by atoms with van der Waals surface area (Å²) in [4.78, 5) is 18.8. The van der Waals surface area contributed by atoms with Crippen LogP contribution in [0.2, 0.25) is 0 Å². The molecule has 2 rings (SSSR count). The number of hydrogen-bond acceptors (Lipinski definition) is 3. The van der Waals surface area contributed by atoms with Crippen molar-refractivity contribution >= 4 is 16.9 Å². The van der Waals surface area contributed by atoms with Crippen LogP contribution in [0.5, 0.6) is 0 Å². The summed E-state index contributed by atoms with van der Waals surface area (Å²) in [5.41, 5.74) is 5.12. The molecule has 1 heterocycles. The monoisotopic (exact) mass is 204 g/mol. The molecule has 0 spiro atoms. The average Bonchev–Trinajstić information content (AvgIpc) is 2.73. The van der Waals surface area contributed by atoms with Crippen molar-refractivity contribution < 1.29 is 4.79 Å². The molecule has 0 fully saturated rings. The fraction of sp³-hybridized carbons (Fsp3) is 0.200. The van der Waals surface area contributed by atoms with Gasteiger partial charge in [-0.3, -0.25) is 9.80 Å². The highest BCUT2D eigenvalue weighted by molar-refractivity contribution is 5.96. The maximum absolute atomic E-state index is 11.8. The van der Waals surface area contributed by atoms with E-state index in [1.54, 1.807) is 32.6 Å². The molecule has 1 aromatic heterocycles. The molecule has 2 N–H and O–H groups in total. The molecule has 0 saturated heterocycles. The van der Waals surface area contributed by atoms with Gasteiger partial charge in [-0.2, -0.15) is 0 Å². The lowest BCUT2D eigenvalue weighted by Gasteiger charge is -2.14. The van der Waals surface area contributed by atoms with Gasteiger partial charge in [0.25, 0.3) is 5.91 Å². The summed E-state index contributed by atoms with van der Waals surface area (Å²) in [7, 11) is 3.38. The van der Waals surface area contributed by atoms with Gasteiger partial charge >= 0.3 is 0 Å². The Balaban J connectivity index is 2.39. The van der Waals surface area contributed by atoms with E-state index in [0.29, 0.717) is 5.56 Å². The van der Waals surface area contributed by atoms with Crippen molar-refractivity contribution in [1.29, 1.82) is 0 Å². The van der Waals surface area contributed by atoms with Crippen LogP contribution in [0, 0.1) is 0 Å². The number of fused-ring (bicyclic) bond motifs is 1. The number of carbonyl (C=O) groups is 1. The predicted octanol–water partition coefficient (Wildman–Crippen LogP) is 0.769. The molecule has 0 aliphatic heterocycles. The maximum atomic E-state index is 11.8. The van der Waals surface area contributed by atoms with Crippen molar-refractivity contribution in [3.05, 3.63) is 30.1 Å². The number of carbonyl (C=O) groups excluding carboxylic acids is 1. The first-order valence-corrected chi connectivity index (χ1v) is 4.61. The number of amides is 1. The molecule has 0 unspecified atom stereocenters. The van der Waals surface area contributed by atoms with Crippen molar-refractivity contribution in [3.8, 4) is 0 Å². The molecule has 0 saturated carbocycles. The van der Waals surface area contributed by atoms with Gasteiger partial charge in [0, 0.05) is 19.7 Å². The number of nitrogens with zero attached hydrogens (tertiary/aromatic N) is 2. The van der Waals surface area contributed by atoms with Crippen molar-refractivity contribution in [2.75, 3.05) is 14.1 Å². The van der Waals surface area contributed by atoms with Gasteiger partial charge in [-0.15, -0.1) is 0 Å². The number of hydrogen-bond donors (Lipinski definition) is 2. The lowest BCUT2D eigenvalue weighted by Crippen LogP contribution is -2.36. The second kappa shape index (κ2) is 3.70. The van der Waals surface area contributed by atoms with Crippen LogP contribution >= 0.6 is 0 Å². The SMILES string of the molecule is CNN(C)C(=O)c1ccc2nc[nH]c2c1. The number of H-pyrrole nitrogens is 1. The first-order valence-electron chi connectivity index (χ1n) is 4.61. The Morgan fingerprint density at radius 3 is 3.07 bits per heavy atom. The summed E-state index contributed by atoms with van der Waals surface area (Å²) >= 11 is 0. The molecule has 1 amide bonds. The quantitative estimate of drug-likeness (QED) is 0.710. The summed E-state index contributed by atoms with van der Waals surface area (Å²) in [6, 6.07) is 5.38. The van der Waals surface area contributed by atoms with Gasteiger partial charge in [-0.05, 0) is 18.2 Å².